The number of imidazole rings is 1. The summed E-state index contributed by atoms with van der Waals surface area (Å²) in [6.45, 7) is 0. The standard InChI is InChI=1S/C20H15N5O/c26-20-16(9-13-5-2-1-3-6-13)24-18-11-22-17(12-25(18)20)15-10-23-19-14(15)7-4-8-21-19/h1-8,10-12,26H,9H2,(H,21,23). The summed E-state index contributed by atoms with van der Waals surface area (Å²) in [4.78, 5) is 16.5. The number of nitrogens with one attached hydrogen (secondary N) is 1. The average molecular weight is 341 g/mol. The highest BCUT2D eigenvalue weighted by Gasteiger charge is 2.14. The van der Waals surface area contributed by atoms with Crippen LogP contribution in [0.2, 0.25) is 0 Å². The van der Waals surface area contributed by atoms with Crippen LogP contribution in [0.1, 0.15) is 11.3 Å². The number of rotatable bonds is 3. The van der Waals surface area contributed by atoms with E-state index in [1.165, 1.54) is 0 Å². The van der Waals surface area contributed by atoms with Crippen molar-refractivity contribution in [3.8, 4) is 17.1 Å². The first-order valence-corrected chi connectivity index (χ1v) is 8.32. The van der Waals surface area contributed by atoms with Gasteiger partial charge in [0.15, 0.2) is 5.65 Å². The molecule has 2 N–H and O–H groups in total. The summed E-state index contributed by atoms with van der Waals surface area (Å²) in [5, 5.41) is 11.6. The van der Waals surface area contributed by atoms with Crippen LogP contribution in [0.25, 0.3) is 27.9 Å². The van der Waals surface area contributed by atoms with E-state index in [1.54, 1.807) is 16.8 Å². The van der Waals surface area contributed by atoms with Crippen LogP contribution in [0.5, 0.6) is 5.88 Å². The number of aromatic hydroxyl groups is 1. The van der Waals surface area contributed by atoms with Gasteiger partial charge in [-0.25, -0.2) is 9.97 Å². The van der Waals surface area contributed by atoms with Gasteiger partial charge in [0.1, 0.15) is 11.3 Å². The van der Waals surface area contributed by atoms with E-state index in [0.29, 0.717) is 17.8 Å². The number of nitrogens with zero attached hydrogens (tertiary/aromatic N) is 4. The van der Waals surface area contributed by atoms with E-state index in [0.717, 1.165) is 27.9 Å². The molecule has 0 spiro atoms. The van der Waals surface area contributed by atoms with Gasteiger partial charge in [-0.3, -0.25) is 9.38 Å². The van der Waals surface area contributed by atoms with Crippen LogP contribution in [0.4, 0.5) is 0 Å². The Balaban J connectivity index is 1.60. The van der Waals surface area contributed by atoms with E-state index < -0.39 is 0 Å². The van der Waals surface area contributed by atoms with Crippen molar-refractivity contribution < 1.29 is 5.11 Å². The number of fused-ring (bicyclic) bond motifs is 2. The van der Waals surface area contributed by atoms with Gasteiger partial charge in [-0.1, -0.05) is 30.3 Å². The molecule has 126 valence electrons. The minimum Gasteiger partial charge on any atom is -0.493 e. The molecule has 0 unspecified atom stereocenters. The predicted molar refractivity (Wildman–Crippen MR) is 99.0 cm³/mol. The highest BCUT2D eigenvalue weighted by atomic mass is 16.3. The molecule has 1 aromatic carbocycles. The Morgan fingerprint density at radius 3 is 2.81 bits per heavy atom. The second-order valence-corrected chi connectivity index (χ2v) is 6.15. The summed E-state index contributed by atoms with van der Waals surface area (Å²) in [6.07, 6.45) is 7.68. The predicted octanol–water partition coefficient (Wildman–Crippen LogP) is 3.57. The normalized spacial score (nSPS) is 11.4. The van der Waals surface area contributed by atoms with Gasteiger partial charge in [0.2, 0.25) is 5.88 Å². The summed E-state index contributed by atoms with van der Waals surface area (Å²) in [7, 11) is 0. The zero-order valence-corrected chi connectivity index (χ0v) is 13.8. The Bertz CT molecular complexity index is 1220. The Morgan fingerprint density at radius 2 is 1.92 bits per heavy atom. The fourth-order valence-corrected chi connectivity index (χ4v) is 3.21. The maximum Gasteiger partial charge on any atom is 0.219 e. The van der Waals surface area contributed by atoms with Gasteiger partial charge in [0.05, 0.1) is 11.9 Å². The zero-order valence-electron chi connectivity index (χ0n) is 13.8. The summed E-state index contributed by atoms with van der Waals surface area (Å²) in [6, 6.07) is 13.9. The molecular weight excluding hydrogens is 326 g/mol. The summed E-state index contributed by atoms with van der Waals surface area (Å²) < 4.78 is 1.68. The number of hydrogen-bond acceptors (Lipinski definition) is 4. The summed E-state index contributed by atoms with van der Waals surface area (Å²) in [5.41, 5.74) is 4.85. The molecule has 0 amide bonds. The quantitative estimate of drug-likeness (QED) is 0.526. The average Bonchev–Trinajstić information content (AvgIpc) is 3.24. The second-order valence-electron chi connectivity index (χ2n) is 6.15. The highest BCUT2D eigenvalue weighted by Crippen LogP contribution is 2.28. The van der Waals surface area contributed by atoms with E-state index in [2.05, 4.69) is 19.9 Å². The third-order valence-electron chi connectivity index (χ3n) is 4.49. The molecule has 0 saturated heterocycles. The first-order chi connectivity index (χ1) is 12.8. The Kier molecular flexibility index (Phi) is 3.21. The number of hydrogen-bond donors (Lipinski definition) is 2. The molecule has 5 aromatic rings. The third kappa shape index (κ3) is 2.31. The molecule has 0 aliphatic heterocycles. The van der Waals surface area contributed by atoms with E-state index >= 15 is 0 Å². The second kappa shape index (κ2) is 5.70. The lowest BCUT2D eigenvalue weighted by Crippen LogP contribution is -1.90. The topological polar surface area (TPSA) is 79.1 Å². The highest BCUT2D eigenvalue weighted by molar-refractivity contribution is 5.92. The number of pyridine rings is 1. The summed E-state index contributed by atoms with van der Waals surface area (Å²) in [5.74, 6) is 0.144. The monoisotopic (exact) mass is 341 g/mol. The smallest absolute Gasteiger partial charge is 0.219 e. The lowest BCUT2D eigenvalue weighted by Gasteiger charge is -2.01. The van der Waals surface area contributed by atoms with Crippen molar-refractivity contribution in [2.45, 2.75) is 6.42 Å². The van der Waals surface area contributed by atoms with Crippen LogP contribution in [-0.2, 0) is 6.42 Å². The van der Waals surface area contributed by atoms with Crippen molar-refractivity contribution in [2.24, 2.45) is 0 Å². The Hall–Kier alpha value is -3.67. The Labute approximate surface area is 148 Å². The molecule has 0 bridgehead atoms. The molecule has 26 heavy (non-hydrogen) atoms. The maximum atomic E-state index is 10.6. The maximum absolute atomic E-state index is 10.6. The van der Waals surface area contributed by atoms with Gasteiger partial charge in [-0.2, -0.15) is 0 Å². The van der Waals surface area contributed by atoms with Gasteiger partial charge in [-0.15, -0.1) is 0 Å². The molecule has 6 heteroatoms. The molecule has 4 aromatic heterocycles. The molecule has 6 nitrogen and oxygen atoms in total. The van der Waals surface area contributed by atoms with E-state index in [4.69, 9.17) is 0 Å². The number of benzene rings is 1. The van der Waals surface area contributed by atoms with Gasteiger partial charge < -0.3 is 10.1 Å². The van der Waals surface area contributed by atoms with Crippen LogP contribution in [-0.4, -0.2) is 29.4 Å². The van der Waals surface area contributed by atoms with Crippen molar-refractivity contribution in [1.29, 1.82) is 0 Å². The molecule has 0 saturated carbocycles. The van der Waals surface area contributed by atoms with Crippen molar-refractivity contribution in [2.75, 3.05) is 0 Å². The lowest BCUT2D eigenvalue weighted by atomic mass is 10.1. The van der Waals surface area contributed by atoms with Crippen molar-refractivity contribution in [3.05, 3.63) is 78.5 Å². The molecule has 0 fully saturated rings. The number of aromatic nitrogens is 5. The van der Waals surface area contributed by atoms with Crippen molar-refractivity contribution in [3.63, 3.8) is 0 Å². The van der Waals surface area contributed by atoms with Gasteiger partial charge in [0.25, 0.3) is 0 Å². The van der Waals surface area contributed by atoms with Crippen LogP contribution in [0.15, 0.2) is 67.3 Å². The zero-order chi connectivity index (χ0) is 17.5. The molecule has 0 radical (unpaired) electrons. The molecule has 0 aliphatic carbocycles. The van der Waals surface area contributed by atoms with Crippen molar-refractivity contribution >= 4 is 16.7 Å². The lowest BCUT2D eigenvalue weighted by molar-refractivity contribution is 0.442. The fraction of sp³-hybridized carbons (Fsp3) is 0.0500. The van der Waals surface area contributed by atoms with Crippen molar-refractivity contribution in [1.82, 2.24) is 24.3 Å². The van der Waals surface area contributed by atoms with Gasteiger partial charge in [-0.05, 0) is 17.7 Å². The van der Waals surface area contributed by atoms with E-state index in [-0.39, 0.29) is 5.88 Å². The molecular formula is C20H15N5O. The third-order valence-corrected chi connectivity index (χ3v) is 4.49. The van der Waals surface area contributed by atoms with Gasteiger partial charge in [0, 0.05) is 36.0 Å². The van der Waals surface area contributed by atoms with Crippen LogP contribution >= 0.6 is 0 Å². The molecule has 0 aliphatic rings. The van der Waals surface area contributed by atoms with Crippen LogP contribution in [0, 0.1) is 0 Å². The number of H-pyrrole nitrogens is 1. The SMILES string of the molecule is Oc1c(Cc2ccccc2)nc2cnc(-c3c[nH]c4ncccc34)cn12. The number of aromatic amines is 1. The largest absolute Gasteiger partial charge is 0.493 e. The van der Waals surface area contributed by atoms with Crippen LogP contribution in [0.3, 0.4) is 0 Å². The van der Waals surface area contributed by atoms with Gasteiger partial charge >= 0.3 is 0 Å². The molecule has 0 atom stereocenters. The van der Waals surface area contributed by atoms with E-state index in [1.807, 2.05) is 54.9 Å². The van der Waals surface area contributed by atoms with E-state index in [9.17, 15) is 5.11 Å². The first kappa shape index (κ1) is 14.7. The molecule has 4 heterocycles. The fourth-order valence-electron chi connectivity index (χ4n) is 3.21. The van der Waals surface area contributed by atoms with Crippen LogP contribution < -0.4 is 0 Å². The molecule has 5 rings (SSSR count). The first-order valence-electron chi connectivity index (χ1n) is 8.32. The Morgan fingerprint density at radius 1 is 1.04 bits per heavy atom. The summed E-state index contributed by atoms with van der Waals surface area (Å²) >= 11 is 0. The minimum atomic E-state index is 0.144. The minimum absolute atomic E-state index is 0.144.